The average molecular weight is 339 g/mol. The summed E-state index contributed by atoms with van der Waals surface area (Å²) in [6.07, 6.45) is -3.99. The first-order valence-electron chi connectivity index (χ1n) is 6.82. The summed E-state index contributed by atoms with van der Waals surface area (Å²) >= 11 is 0. The number of nitrogens with two attached hydrogens (primary N) is 1. The molecule has 0 bridgehead atoms. The highest BCUT2D eigenvalue weighted by Crippen LogP contribution is 2.32. The van der Waals surface area contributed by atoms with Crippen LogP contribution in [0.3, 0.4) is 0 Å². The fourth-order valence-corrected chi connectivity index (χ4v) is 1.90. The van der Waals surface area contributed by atoms with Crippen LogP contribution in [0.25, 0.3) is 0 Å². The van der Waals surface area contributed by atoms with Crippen LogP contribution in [0.15, 0.2) is 24.3 Å². The molecule has 1 atom stereocenters. The minimum absolute atomic E-state index is 0. The number of rotatable bonds is 5. The molecule has 0 aliphatic heterocycles. The number of hydrogen-bond donors (Lipinski definition) is 1. The van der Waals surface area contributed by atoms with Gasteiger partial charge in [0.1, 0.15) is 0 Å². The quantitative estimate of drug-likeness (QED) is 0.892. The van der Waals surface area contributed by atoms with Gasteiger partial charge in [0, 0.05) is 19.6 Å². The third-order valence-corrected chi connectivity index (χ3v) is 3.46. The number of carbonyl (C=O) groups excluding carboxylic acids is 1. The first-order valence-corrected chi connectivity index (χ1v) is 6.82. The number of alkyl halides is 3. The molecule has 0 saturated heterocycles. The van der Waals surface area contributed by atoms with Crippen LogP contribution in [0.5, 0.6) is 0 Å². The molecule has 1 amide bonds. The predicted octanol–water partition coefficient (Wildman–Crippen LogP) is 3.57. The summed E-state index contributed by atoms with van der Waals surface area (Å²) in [4.78, 5) is 13.5. The summed E-state index contributed by atoms with van der Waals surface area (Å²) in [5.41, 5.74) is 4.65. The molecule has 0 heterocycles. The number of halogens is 4. The van der Waals surface area contributed by atoms with Crippen molar-refractivity contribution in [1.82, 2.24) is 4.90 Å². The van der Waals surface area contributed by atoms with Gasteiger partial charge in [-0.1, -0.05) is 26.0 Å². The van der Waals surface area contributed by atoms with E-state index in [0.29, 0.717) is 13.0 Å². The normalized spacial score (nSPS) is 12.7. The van der Waals surface area contributed by atoms with Gasteiger partial charge in [0.2, 0.25) is 0 Å². The second-order valence-electron chi connectivity index (χ2n) is 5.47. The Balaban J connectivity index is 0.00000441. The highest BCUT2D eigenvalue weighted by molar-refractivity contribution is 5.95. The van der Waals surface area contributed by atoms with E-state index in [1.165, 1.54) is 30.1 Å². The number of hydrogen-bond acceptors (Lipinski definition) is 2. The zero-order chi connectivity index (χ0) is 16.2. The Hall–Kier alpha value is -1.27. The van der Waals surface area contributed by atoms with Gasteiger partial charge >= 0.3 is 6.18 Å². The lowest BCUT2D eigenvalue weighted by Crippen LogP contribution is -2.35. The lowest BCUT2D eigenvalue weighted by Gasteiger charge is -2.23. The topological polar surface area (TPSA) is 46.3 Å². The van der Waals surface area contributed by atoms with Crippen LogP contribution < -0.4 is 5.73 Å². The van der Waals surface area contributed by atoms with Gasteiger partial charge in [0.25, 0.3) is 5.91 Å². The molecule has 0 spiro atoms. The molecule has 1 unspecified atom stereocenters. The fraction of sp³-hybridized carbons (Fsp3) is 0.533. The maximum atomic E-state index is 12.9. The highest BCUT2D eigenvalue weighted by Gasteiger charge is 2.35. The van der Waals surface area contributed by atoms with Crippen molar-refractivity contribution >= 4 is 18.3 Å². The van der Waals surface area contributed by atoms with E-state index in [-0.39, 0.29) is 29.9 Å². The maximum absolute atomic E-state index is 12.9. The van der Waals surface area contributed by atoms with Crippen LogP contribution >= 0.6 is 12.4 Å². The first kappa shape index (κ1) is 20.7. The number of benzene rings is 1. The lowest BCUT2D eigenvalue weighted by molar-refractivity contribution is -0.138. The van der Waals surface area contributed by atoms with Crippen molar-refractivity contribution < 1.29 is 18.0 Å². The molecule has 3 nitrogen and oxygen atoms in total. The molecule has 126 valence electrons. The lowest BCUT2D eigenvalue weighted by atomic mass is 10.0. The van der Waals surface area contributed by atoms with E-state index in [0.717, 1.165) is 6.07 Å². The molecule has 7 heteroatoms. The number of amides is 1. The van der Waals surface area contributed by atoms with E-state index in [1.54, 1.807) is 0 Å². The van der Waals surface area contributed by atoms with E-state index in [1.807, 2.05) is 13.8 Å². The van der Waals surface area contributed by atoms with Crippen molar-refractivity contribution in [1.29, 1.82) is 0 Å². The molecule has 0 aliphatic carbocycles. The van der Waals surface area contributed by atoms with Crippen molar-refractivity contribution in [2.75, 3.05) is 13.6 Å². The van der Waals surface area contributed by atoms with Crippen LogP contribution in [-0.2, 0) is 6.18 Å². The Kier molecular flexibility index (Phi) is 7.90. The number of nitrogens with zero attached hydrogens (tertiary/aromatic N) is 1. The zero-order valence-electron chi connectivity index (χ0n) is 12.9. The Labute approximate surface area is 135 Å². The first-order chi connectivity index (χ1) is 9.64. The summed E-state index contributed by atoms with van der Waals surface area (Å²) in [6.45, 7) is 4.25. The van der Waals surface area contributed by atoms with Crippen molar-refractivity contribution in [2.24, 2.45) is 11.7 Å². The van der Waals surface area contributed by atoms with Crippen molar-refractivity contribution in [3.8, 4) is 0 Å². The summed E-state index contributed by atoms with van der Waals surface area (Å²) in [5, 5.41) is 0. The molecule has 1 rings (SSSR count). The summed E-state index contributed by atoms with van der Waals surface area (Å²) < 4.78 is 38.7. The van der Waals surface area contributed by atoms with Crippen LogP contribution in [-0.4, -0.2) is 30.4 Å². The van der Waals surface area contributed by atoms with E-state index in [2.05, 4.69) is 0 Å². The molecule has 0 radical (unpaired) electrons. The third kappa shape index (κ3) is 5.50. The maximum Gasteiger partial charge on any atom is 0.417 e. The average Bonchev–Trinajstić information content (AvgIpc) is 2.42. The van der Waals surface area contributed by atoms with Gasteiger partial charge in [-0.2, -0.15) is 13.2 Å². The SMILES string of the molecule is CC(C)C(N)CCN(C)C(=O)c1ccccc1C(F)(F)F.Cl. The van der Waals surface area contributed by atoms with Crippen LogP contribution in [0.2, 0.25) is 0 Å². The number of carbonyl (C=O) groups is 1. The van der Waals surface area contributed by atoms with Crippen LogP contribution in [0, 0.1) is 5.92 Å². The Morgan fingerprint density at radius 2 is 1.82 bits per heavy atom. The summed E-state index contributed by atoms with van der Waals surface area (Å²) in [5.74, 6) is -0.380. The minimum Gasteiger partial charge on any atom is -0.342 e. The molecule has 0 saturated carbocycles. The summed E-state index contributed by atoms with van der Waals surface area (Å²) in [7, 11) is 1.49. The molecular weight excluding hydrogens is 317 g/mol. The molecule has 0 fully saturated rings. The molecule has 1 aromatic rings. The fourth-order valence-electron chi connectivity index (χ4n) is 1.90. The van der Waals surface area contributed by atoms with Gasteiger partial charge in [-0.3, -0.25) is 4.79 Å². The van der Waals surface area contributed by atoms with Gasteiger partial charge < -0.3 is 10.6 Å². The largest absolute Gasteiger partial charge is 0.417 e. The third-order valence-electron chi connectivity index (χ3n) is 3.46. The van der Waals surface area contributed by atoms with Gasteiger partial charge in [-0.15, -0.1) is 12.4 Å². The monoisotopic (exact) mass is 338 g/mol. The molecule has 22 heavy (non-hydrogen) atoms. The Morgan fingerprint density at radius 3 is 2.32 bits per heavy atom. The van der Waals surface area contributed by atoms with Crippen molar-refractivity contribution in [3.63, 3.8) is 0 Å². The second-order valence-corrected chi connectivity index (χ2v) is 5.47. The Morgan fingerprint density at radius 1 is 1.27 bits per heavy atom. The van der Waals surface area contributed by atoms with Crippen LogP contribution in [0.1, 0.15) is 36.2 Å². The predicted molar refractivity (Wildman–Crippen MR) is 83.1 cm³/mol. The molecule has 1 aromatic carbocycles. The van der Waals surface area contributed by atoms with Gasteiger partial charge in [0.05, 0.1) is 11.1 Å². The van der Waals surface area contributed by atoms with E-state index in [4.69, 9.17) is 5.73 Å². The summed E-state index contributed by atoms with van der Waals surface area (Å²) in [6, 6.07) is 4.73. The van der Waals surface area contributed by atoms with Gasteiger partial charge in [-0.25, -0.2) is 0 Å². The van der Waals surface area contributed by atoms with Crippen molar-refractivity contribution in [3.05, 3.63) is 35.4 Å². The van der Waals surface area contributed by atoms with Crippen LogP contribution in [0.4, 0.5) is 13.2 Å². The van der Waals surface area contributed by atoms with Gasteiger partial charge in [-0.05, 0) is 24.5 Å². The van der Waals surface area contributed by atoms with Crippen molar-refractivity contribution in [2.45, 2.75) is 32.5 Å². The molecular formula is C15H22ClF3N2O. The van der Waals surface area contributed by atoms with Gasteiger partial charge in [0.15, 0.2) is 0 Å². The van der Waals surface area contributed by atoms with E-state index in [9.17, 15) is 18.0 Å². The van der Waals surface area contributed by atoms with E-state index < -0.39 is 17.6 Å². The van der Waals surface area contributed by atoms with E-state index >= 15 is 0 Å². The molecule has 0 aromatic heterocycles. The molecule has 0 aliphatic rings. The standard InChI is InChI=1S/C15H21F3N2O.ClH/c1-10(2)13(19)8-9-20(3)14(21)11-6-4-5-7-12(11)15(16,17)18;/h4-7,10,13H,8-9,19H2,1-3H3;1H. The highest BCUT2D eigenvalue weighted by atomic mass is 35.5. The molecule has 2 N–H and O–H groups in total. The Bertz CT molecular complexity index is 492. The smallest absolute Gasteiger partial charge is 0.342 e. The zero-order valence-corrected chi connectivity index (χ0v) is 13.7. The second kappa shape index (κ2) is 8.39. The minimum atomic E-state index is -4.54.